The third-order valence-electron chi connectivity index (χ3n) is 4.17. The zero-order chi connectivity index (χ0) is 20.1. The second-order valence-electron chi connectivity index (χ2n) is 6.37. The van der Waals surface area contributed by atoms with Crippen molar-refractivity contribution in [1.29, 1.82) is 0 Å². The zero-order valence-electron chi connectivity index (χ0n) is 15.4. The highest BCUT2D eigenvalue weighted by molar-refractivity contribution is 6.01. The van der Waals surface area contributed by atoms with E-state index in [-0.39, 0.29) is 13.3 Å². The maximum atomic E-state index is 12.4. The topological polar surface area (TPSA) is 106 Å². The van der Waals surface area contributed by atoms with Gasteiger partial charge < -0.3 is 23.6 Å². The number of rotatable bonds is 7. The molecule has 29 heavy (non-hydrogen) atoms. The molecule has 1 aliphatic heterocycles. The summed E-state index contributed by atoms with van der Waals surface area (Å²) in [6.45, 7) is 0.913. The van der Waals surface area contributed by atoms with Crippen molar-refractivity contribution in [2.24, 2.45) is 0 Å². The molecule has 0 fully saturated rings. The van der Waals surface area contributed by atoms with Crippen molar-refractivity contribution in [2.45, 2.75) is 13.1 Å². The molecular formula is C20H19N3O6. The predicted molar refractivity (Wildman–Crippen MR) is 101 cm³/mol. The van der Waals surface area contributed by atoms with Gasteiger partial charge in [-0.2, -0.15) is 0 Å². The van der Waals surface area contributed by atoms with Gasteiger partial charge in [-0.1, -0.05) is 0 Å². The van der Waals surface area contributed by atoms with Gasteiger partial charge in [0.1, 0.15) is 11.5 Å². The van der Waals surface area contributed by atoms with Crippen LogP contribution in [0.5, 0.6) is 11.5 Å². The second-order valence-corrected chi connectivity index (χ2v) is 6.37. The van der Waals surface area contributed by atoms with Crippen LogP contribution in [0.3, 0.4) is 0 Å². The van der Waals surface area contributed by atoms with Gasteiger partial charge in [0.2, 0.25) is 12.7 Å². The number of carbonyl (C=O) groups excluding carboxylic acids is 2. The Morgan fingerprint density at radius 1 is 0.931 bits per heavy atom. The van der Waals surface area contributed by atoms with Crippen molar-refractivity contribution >= 4 is 17.6 Å². The van der Waals surface area contributed by atoms with Gasteiger partial charge in [-0.15, -0.1) is 0 Å². The largest absolute Gasteiger partial charge is 0.468 e. The van der Waals surface area contributed by atoms with Crippen LogP contribution >= 0.6 is 0 Å². The van der Waals surface area contributed by atoms with Crippen LogP contribution in [0.1, 0.15) is 11.5 Å². The fraction of sp³-hybridized carbons (Fsp3) is 0.200. The van der Waals surface area contributed by atoms with Gasteiger partial charge in [-0.25, -0.2) is 4.79 Å². The molecular weight excluding hydrogens is 378 g/mol. The minimum atomic E-state index is -0.634. The fourth-order valence-corrected chi connectivity index (χ4v) is 2.92. The molecule has 0 bridgehead atoms. The minimum absolute atomic E-state index is 0.0179. The molecule has 2 aromatic heterocycles. The Bertz CT molecular complexity index is 932. The summed E-state index contributed by atoms with van der Waals surface area (Å²) in [6, 6.07) is 11.5. The van der Waals surface area contributed by atoms with E-state index in [9.17, 15) is 9.59 Å². The third-order valence-corrected chi connectivity index (χ3v) is 4.17. The van der Waals surface area contributed by atoms with Crippen LogP contribution in [0.15, 0.2) is 63.8 Å². The van der Waals surface area contributed by atoms with E-state index < -0.39 is 11.9 Å². The molecule has 0 saturated carbocycles. The molecule has 0 unspecified atom stereocenters. The average Bonchev–Trinajstić information content (AvgIpc) is 3.43. The first-order valence-corrected chi connectivity index (χ1v) is 8.93. The number of furan rings is 2. The fourth-order valence-electron chi connectivity index (χ4n) is 2.92. The van der Waals surface area contributed by atoms with E-state index in [2.05, 4.69) is 10.6 Å². The number of hydrogen-bond acceptors (Lipinski definition) is 7. The molecule has 150 valence electrons. The molecule has 9 nitrogen and oxygen atoms in total. The number of fused-ring (bicyclic) bond motifs is 1. The van der Waals surface area contributed by atoms with Gasteiger partial charge in [0.15, 0.2) is 11.5 Å². The first kappa shape index (κ1) is 18.6. The molecule has 3 aromatic rings. The smallest absolute Gasteiger partial charge is 0.325 e. The van der Waals surface area contributed by atoms with Crippen molar-refractivity contribution in [3.63, 3.8) is 0 Å². The summed E-state index contributed by atoms with van der Waals surface area (Å²) in [4.78, 5) is 26.4. The number of carbonyl (C=O) groups is 2. The number of nitrogens with zero attached hydrogens (tertiary/aromatic N) is 1. The minimum Gasteiger partial charge on any atom is -0.468 e. The monoisotopic (exact) mass is 397 g/mol. The van der Waals surface area contributed by atoms with Crippen LogP contribution in [-0.4, -0.2) is 30.2 Å². The number of imide groups is 1. The van der Waals surface area contributed by atoms with Gasteiger partial charge in [-0.3, -0.25) is 15.0 Å². The number of anilines is 1. The molecule has 3 amide bonds. The van der Waals surface area contributed by atoms with Crippen molar-refractivity contribution in [2.75, 3.05) is 18.7 Å². The number of ether oxygens (including phenoxy) is 2. The zero-order valence-corrected chi connectivity index (χ0v) is 15.4. The summed E-state index contributed by atoms with van der Waals surface area (Å²) in [6.07, 6.45) is 3.14. The Labute approximate surface area is 166 Å². The number of amides is 3. The average molecular weight is 397 g/mol. The lowest BCUT2D eigenvalue weighted by Gasteiger charge is -2.19. The molecule has 4 rings (SSSR count). The summed E-state index contributed by atoms with van der Waals surface area (Å²) in [5.74, 6) is 2.10. The second kappa shape index (κ2) is 8.53. The standard InChI is InChI=1S/C20H19N3O6/c24-19(22-20(25)21-14-5-6-17-18(9-14)29-13-28-17)12-23(10-15-3-1-7-26-15)11-16-4-2-8-27-16/h1-9H,10-13H2,(H2,21,22,24,25). The maximum Gasteiger partial charge on any atom is 0.325 e. The van der Waals surface area contributed by atoms with E-state index in [1.807, 2.05) is 12.1 Å². The van der Waals surface area contributed by atoms with Crippen LogP contribution in [0.25, 0.3) is 0 Å². The van der Waals surface area contributed by atoms with Gasteiger partial charge in [0, 0.05) is 11.8 Å². The van der Waals surface area contributed by atoms with E-state index in [1.54, 1.807) is 47.8 Å². The normalized spacial score (nSPS) is 12.2. The van der Waals surface area contributed by atoms with E-state index in [0.717, 1.165) is 0 Å². The lowest BCUT2D eigenvalue weighted by Crippen LogP contribution is -2.41. The highest BCUT2D eigenvalue weighted by Gasteiger charge is 2.18. The van der Waals surface area contributed by atoms with Gasteiger partial charge in [0.05, 0.1) is 32.2 Å². The summed E-state index contributed by atoms with van der Waals surface area (Å²) >= 11 is 0. The highest BCUT2D eigenvalue weighted by Crippen LogP contribution is 2.34. The Morgan fingerprint density at radius 2 is 1.62 bits per heavy atom. The Hall–Kier alpha value is -3.72. The van der Waals surface area contributed by atoms with Crippen LogP contribution in [-0.2, 0) is 17.9 Å². The van der Waals surface area contributed by atoms with Crippen LogP contribution in [0, 0.1) is 0 Å². The molecule has 0 saturated heterocycles. The molecule has 2 N–H and O–H groups in total. The maximum absolute atomic E-state index is 12.4. The van der Waals surface area contributed by atoms with Crippen molar-refractivity contribution in [1.82, 2.24) is 10.2 Å². The number of hydrogen-bond donors (Lipinski definition) is 2. The molecule has 9 heteroatoms. The number of urea groups is 1. The van der Waals surface area contributed by atoms with Crippen LogP contribution in [0.4, 0.5) is 10.5 Å². The van der Waals surface area contributed by atoms with E-state index in [1.165, 1.54) is 0 Å². The summed E-state index contributed by atoms with van der Waals surface area (Å²) in [7, 11) is 0. The molecule has 0 atom stereocenters. The lowest BCUT2D eigenvalue weighted by atomic mass is 10.3. The van der Waals surface area contributed by atoms with Crippen molar-refractivity contribution < 1.29 is 27.9 Å². The summed E-state index contributed by atoms with van der Waals surface area (Å²) in [5, 5.41) is 4.93. The number of benzene rings is 1. The molecule has 0 aliphatic carbocycles. The Kier molecular flexibility index (Phi) is 5.48. The Balaban J connectivity index is 1.33. The van der Waals surface area contributed by atoms with Gasteiger partial charge >= 0.3 is 6.03 Å². The molecule has 0 spiro atoms. The summed E-state index contributed by atoms with van der Waals surface area (Å²) in [5.41, 5.74) is 0.488. The quantitative estimate of drug-likeness (QED) is 0.631. The summed E-state index contributed by atoms with van der Waals surface area (Å²) < 4.78 is 21.2. The number of nitrogens with one attached hydrogen (secondary N) is 2. The molecule has 3 heterocycles. The third kappa shape index (κ3) is 4.96. The van der Waals surface area contributed by atoms with Crippen LogP contribution in [0.2, 0.25) is 0 Å². The predicted octanol–water partition coefficient (Wildman–Crippen LogP) is 2.95. The first-order chi connectivity index (χ1) is 14.2. The van der Waals surface area contributed by atoms with Crippen molar-refractivity contribution in [3.05, 3.63) is 66.5 Å². The molecule has 1 aromatic carbocycles. The highest BCUT2D eigenvalue weighted by atomic mass is 16.7. The molecule has 0 radical (unpaired) electrons. The van der Waals surface area contributed by atoms with E-state index in [4.69, 9.17) is 18.3 Å². The van der Waals surface area contributed by atoms with Crippen molar-refractivity contribution in [3.8, 4) is 11.5 Å². The van der Waals surface area contributed by atoms with Gasteiger partial charge in [-0.05, 0) is 36.4 Å². The van der Waals surface area contributed by atoms with Crippen LogP contribution < -0.4 is 20.1 Å². The SMILES string of the molecule is O=C(CN(Cc1ccco1)Cc1ccco1)NC(=O)Nc1ccc2c(c1)OCO2. The van der Waals surface area contributed by atoms with Gasteiger partial charge in [0.25, 0.3) is 0 Å². The first-order valence-electron chi connectivity index (χ1n) is 8.93. The Morgan fingerprint density at radius 3 is 2.28 bits per heavy atom. The molecule has 1 aliphatic rings. The lowest BCUT2D eigenvalue weighted by molar-refractivity contribution is -0.121. The van der Waals surface area contributed by atoms with E-state index in [0.29, 0.717) is 41.8 Å². The van der Waals surface area contributed by atoms with E-state index >= 15 is 0 Å².